The Bertz CT molecular complexity index is 226. The van der Waals surface area contributed by atoms with Crippen LogP contribution < -0.4 is 5.32 Å². The van der Waals surface area contributed by atoms with Crippen LogP contribution in [0.25, 0.3) is 0 Å². The van der Waals surface area contributed by atoms with Gasteiger partial charge in [-0.25, -0.2) is 0 Å². The van der Waals surface area contributed by atoms with E-state index in [4.69, 9.17) is 4.74 Å². The highest BCUT2D eigenvalue weighted by Gasteiger charge is 2.15. The van der Waals surface area contributed by atoms with Gasteiger partial charge in [-0.1, -0.05) is 13.8 Å². The highest BCUT2D eigenvalue weighted by molar-refractivity contribution is 5.96. The SMILES string of the molecule is CCCN(CCC)C(=O)CC(=O)NCCOC. The maximum absolute atomic E-state index is 11.8. The number of nitrogens with zero attached hydrogens (tertiary/aromatic N) is 1. The predicted octanol–water partition coefficient (Wildman–Crippen LogP) is 0.788. The first-order chi connectivity index (χ1) is 8.15. The molecule has 5 nitrogen and oxygen atoms in total. The van der Waals surface area contributed by atoms with Crippen molar-refractivity contribution >= 4 is 11.8 Å². The average molecular weight is 244 g/mol. The van der Waals surface area contributed by atoms with E-state index < -0.39 is 0 Å². The third-order valence-corrected chi connectivity index (χ3v) is 2.28. The van der Waals surface area contributed by atoms with Crippen LogP contribution in [0, 0.1) is 0 Å². The standard InChI is InChI=1S/C12H24N2O3/c1-4-7-14(8-5-2)12(16)10-11(15)13-6-9-17-3/h4-10H2,1-3H3,(H,13,15). The van der Waals surface area contributed by atoms with E-state index in [-0.39, 0.29) is 18.2 Å². The van der Waals surface area contributed by atoms with Gasteiger partial charge in [0.2, 0.25) is 11.8 Å². The molecule has 0 fully saturated rings. The van der Waals surface area contributed by atoms with Gasteiger partial charge in [0, 0.05) is 26.7 Å². The maximum atomic E-state index is 11.8. The molecule has 0 bridgehead atoms. The summed E-state index contributed by atoms with van der Waals surface area (Å²) in [7, 11) is 1.57. The summed E-state index contributed by atoms with van der Waals surface area (Å²) < 4.78 is 4.81. The summed E-state index contributed by atoms with van der Waals surface area (Å²) in [5, 5.41) is 2.64. The van der Waals surface area contributed by atoms with Gasteiger partial charge < -0.3 is 15.0 Å². The number of carbonyl (C=O) groups is 2. The smallest absolute Gasteiger partial charge is 0.232 e. The molecule has 0 aromatic heterocycles. The van der Waals surface area contributed by atoms with Crippen LogP contribution in [0.5, 0.6) is 0 Å². The van der Waals surface area contributed by atoms with Gasteiger partial charge in [-0.3, -0.25) is 9.59 Å². The molecule has 0 atom stereocenters. The molecule has 2 amide bonds. The fourth-order valence-corrected chi connectivity index (χ4v) is 1.51. The summed E-state index contributed by atoms with van der Waals surface area (Å²) >= 11 is 0. The summed E-state index contributed by atoms with van der Waals surface area (Å²) in [6, 6.07) is 0. The molecule has 0 unspecified atom stereocenters. The molecule has 0 aliphatic carbocycles. The third kappa shape index (κ3) is 7.74. The minimum absolute atomic E-state index is 0.0658. The summed E-state index contributed by atoms with van der Waals surface area (Å²) in [4.78, 5) is 25.0. The normalized spacial score (nSPS) is 10.1. The summed E-state index contributed by atoms with van der Waals surface area (Å²) in [5.41, 5.74) is 0. The fraction of sp³-hybridized carbons (Fsp3) is 0.833. The van der Waals surface area contributed by atoms with Crippen molar-refractivity contribution in [3.63, 3.8) is 0 Å². The first-order valence-corrected chi connectivity index (χ1v) is 6.19. The van der Waals surface area contributed by atoms with Crippen LogP contribution in [0.3, 0.4) is 0 Å². The Morgan fingerprint density at radius 2 is 1.76 bits per heavy atom. The van der Waals surface area contributed by atoms with E-state index >= 15 is 0 Å². The molecule has 0 saturated carbocycles. The van der Waals surface area contributed by atoms with Crippen molar-refractivity contribution in [1.29, 1.82) is 0 Å². The van der Waals surface area contributed by atoms with Crippen molar-refractivity contribution in [2.75, 3.05) is 33.4 Å². The van der Waals surface area contributed by atoms with Crippen molar-refractivity contribution in [2.24, 2.45) is 0 Å². The quantitative estimate of drug-likeness (QED) is 0.482. The zero-order valence-electron chi connectivity index (χ0n) is 11.1. The minimum atomic E-state index is -0.232. The number of ether oxygens (including phenoxy) is 1. The summed E-state index contributed by atoms with van der Waals surface area (Å²) in [6.07, 6.45) is 1.76. The molecule has 0 spiro atoms. The number of hydrogen-bond acceptors (Lipinski definition) is 3. The molecular weight excluding hydrogens is 220 g/mol. The molecule has 0 aromatic rings. The van der Waals surface area contributed by atoms with Crippen LogP contribution in [0.4, 0.5) is 0 Å². The van der Waals surface area contributed by atoms with Gasteiger partial charge in [0.15, 0.2) is 0 Å². The van der Waals surface area contributed by atoms with Crippen LogP contribution in [-0.4, -0.2) is 50.1 Å². The van der Waals surface area contributed by atoms with E-state index in [9.17, 15) is 9.59 Å². The molecule has 0 saturated heterocycles. The van der Waals surface area contributed by atoms with Crippen molar-refractivity contribution in [3.8, 4) is 0 Å². The van der Waals surface area contributed by atoms with Gasteiger partial charge in [-0.2, -0.15) is 0 Å². The number of hydrogen-bond donors (Lipinski definition) is 1. The largest absolute Gasteiger partial charge is 0.383 e. The first-order valence-electron chi connectivity index (χ1n) is 6.19. The van der Waals surface area contributed by atoms with Crippen LogP contribution in [0.15, 0.2) is 0 Å². The minimum Gasteiger partial charge on any atom is -0.383 e. The number of rotatable bonds is 9. The Labute approximate surface area is 103 Å². The molecule has 1 N–H and O–H groups in total. The highest BCUT2D eigenvalue weighted by atomic mass is 16.5. The van der Waals surface area contributed by atoms with Crippen LogP contribution in [0.2, 0.25) is 0 Å². The molecule has 0 heterocycles. The van der Waals surface area contributed by atoms with Gasteiger partial charge in [-0.15, -0.1) is 0 Å². The molecule has 0 aliphatic rings. The van der Waals surface area contributed by atoms with E-state index in [1.165, 1.54) is 0 Å². The Hall–Kier alpha value is -1.10. The van der Waals surface area contributed by atoms with E-state index in [0.717, 1.165) is 25.9 Å². The van der Waals surface area contributed by atoms with E-state index in [2.05, 4.69) is 5.32 Å². The fourth-order valence-electron chi connectivity index (χ4n) is 1.51. The second-order valence-electron chi connectivity index (χ2n) is 3.90. The lowest BCUT2D eigenvalue weighted by Gasteiger charge is -2.21. The second kappa shape index (κ2) is 10.1. The molecule has 17 heavy (non-hydrogen) atoms. The first kappa shape index (κ1) is 15.9. The number of methoxy groups -OCH3 is 1. The topological polar surface area (TPSA) is 58.6 Å². The Morgan fingerprint density at radius 3 is 2.24 bits per heavy atom. The zero-order chi connectivity index (χ0) is 13.1. The number of nitrogens with one attached hydrogen (secondary N) is 1. The van der Waals surface area contributed by atoms with Gasteiger partial charge in [0.1, 0.15) is 6.42 Å². The summed E-state index contributed by atoms with van der Waals surface area (Å²) in [6.45, 7) is 6.40. The van der Waals surface area contributed by atoms with Crippen LogP contribution in [-0.2, 0) is 14.3 Å². The Balaban J connectivity index is 3.97. The highest BCUT2D eigenvalue weighted by Crippen LogP contribution is 1.98. The van der Waals surface area contributed by atoms with E-state index in [1.54, 1.807) is 12.0 Å². The molecule has 0 rings (SSSR count). The van der Waals surface area contributed by atoms with Crippen LogP contribution in [0.1, 0.15) is 33.1 Å². The Kier molecular flexibility index (Phi) is 9.43. The third-order valence-electron chi connectivity index (χ3n) is 2.28. The lowest BCUT2D eigenvalue weighted by molar-refractivity contribution is -0.136. The lowest BCUT2D eigenvalue weighted by atomic mass is 10.3. The van der Waals surface area contributed by atoms with Crippen LogP contribution >= 0.6 is 0 Å². The molecular formula is C12H24N2O3. The number of amides is 2. The second-order valence-corrected chi connectivity index (χ2v) is 3.90. The molecule has 100 valence electrons. The van der Waals surface area contributed by atoms with Crippen molar-refractivity contribution in [3.05, 3.63) is 0 Å². The molecule has 5 heteroatoms. The Morgan fingerprint density at radius 1 is 1.18 bits per heavy atom. The maximum Gasteiger partial charge on any atom is 0.232 e. The van der Waals surface area contributed by atoms with Gasteiger partial charge in [-0.05, 0) is 12.8 Å². The zero-order valence-corrected chi connectivity index (χ0v) is 11.1. The summed E-state index contributed by atoms with van der Waals surface area (Å²) in [5.74, 6) is -0.326. The number of carbonyl (C=O) groups excluding carboxylic acids is 2. The molecule has 0 aromatic carbocycles. The van der Waals surface area contributed by atoms with Gasteiger partial charge in [0.05, 0.1) is 6.61 Å². The lowest BCUT2D eigenvalue weighted by Crippen LogP contribution is -2.37. The van der Waals surface area contributed by atoms with Crippen molar-refractivity contribution < 1.29 is 14.3 Å². The predicted molar refractivity (Wildman–Crippen MR) is 66.7 cm³/mol. The molecule has 0 radical (unpaired) electrons. The van der Waals surface area contributed by atoms with E-state index in [1.807, 2.05) is 13.8 Å². The van der Waals surface area contributed by atoms with Gasteiger partial charge >= 0.3 is 0 Å². The monoisotopic (exact) mass is 244 g/mol. The van der Waals surface area contributed by atoms with Crippen molar-refractivity contribution in [1.82, 2.24) is 10.2 Å². The van der Waals surface area contributed by atoms with Crippen molar-refractivity contribution in [2.45, 2.75) is 33.1 Å². The van der Waals surface area contributed by atoms with E-state index in [0.29, 0.717) is 13.2 Å². The average Bonchev–Trinajstić information content (AvgIpc) is 2.29. The molecule has 0 aliphatic heterocycles. The van der Waals surface area contributed by atoms with Gasteiger partial charge in [0.25, 0.3) is 0 Å².